The molecule has 0 bridgehead atoms. The summed E-state index contributed by atoms with van der Waals surface area (Å²) < 4.78 is 0. The van der Waals surface area contributed by atoms with Crippen LogP contribution in [0.3, 0.4) is 0 Å². The van der Waals surface area contributed by atoms with Crippen LogP contribution in [-0.4, -0.2) is 30.4 Å². The van der Waals surface area contributed by atoms with Crippen LogP contribution in [0, 0.1) is 0 Å². The van der Waals surface area contributed by atoms with E-state index in [0.717, 1.165) is 0 Å². The Kier molecular flexibility index (Phi) is 13.7. The van der Waals surface area contributed by atoms with Gasteiger partial charge in [0.25, 0.3) is 0 Å². The smallest absolute Gasteiger partial charge is 0.0588 e. The van der Waals surface area contributed by atoms with E-state index in [1.165, 1.54) is 0 Å². The zero-order valence-electron chi connectivity index (χ0n) is 8.21. The maximum absolute atomic E-state index is 10.2. The first-order valence-electron chi connectivity index (χ1n) is 3.28. The molecule has 0 aromatic heterocycles. The Labute approximate surface area is 86.6 Å². The van der Waals surface area contributed by atoms with Gasteiger partial charge in [-0.25, -0.2) is 0 Å². The van der Waals surface area contributed by atoms with Crippen LogP contribution >= 0.6 is 11.6 Å². The molecule has 0 spiro atoms. The Morgan fingerprint density at radius 1 is 1.29 bits per heavy atom. The number of carboxylic acids is 2. The molecule has 0 unspecified atom stereocenters. The van der Waals surface area contributed by atoms with Crippen molar-refractivity contribution in [1.82, 2.24) is 17.6 Å². The van der Waals surface area contributed by atoms with Crippen molar-refractivity contribution in [3.63, 3.8) is 0 Å². The van der Waals surface area contributed by atoms with Gasteiger partial charge in [0.2, 0.25) is 0 Å². The van der Waals surface area contributed by atoms with Gasteiger partial charge >= 0.3 is 0 Å². The number of carbonyl (C=O) groups is 2. The molecule has 14 heavy (non-hydrogen) atoms. The molecule has 0 amide bonds. The van der Waals surface area contributed by atoms with Crippen LogP contribution in [0.25, 0.3) is 0 Å². The Balaban J connectivity index is -0.000000605. The predicted molar refractivity (Wildman–Crippen MR) is 49.1 cm³/mol. The number of hydrogen-bond acceptors (Lipinski definition) is 5. The molecule has 0 aliphatic rings. The van der Waals surface area contributed by atoms with Gasteiger partial charge in [-0.2, -0.15) is 0 Å². The lowest BCUT2D eigenvalue weighted by Gasteiger charge is -2.19. The molecule has 0 fully saturated rings. The molecule has 0 aliphatic carbocycles. The Hall–Kier alpha value is -0.890. The molecule has 0 rings (SSSR count). The number of aliphatic carboxylic acids is 2. The molecule has 0 heterocycles. The van der Waals surface area contributed by atoms with Crippen molar-refractivity contribution < 1.29 is 19.8 Å². The maximum atomic E-state index is 10.2. The Bertz CT molecular complexity index is 178. The molecule has 1 atom stereocenters. The summed E-state index contributed by atoms with van der Waals surface area (Å²) in [6, 6.07) is -1.23. The van der Waals surface area contributed by atoms with Gasteiger partial charge in [0.15, 0.2) is 0 Å². The van der Waals surface area contributed by atoms with Gasteiger partial charge in [-0.3, -0.25) is 0 Å². The van der Waals surface area contributed by atoms with E-state index in [1.54, 1.807) is 0 Å². The number of quaternary nitrogens is 2. The fourth-order valence-electron chi connectivity index (χ4n) is 0.634. The third-order valence-corrected chi connectivity index (χ3v) is 1.33. The molecular formula is C6H16ClN3O4. The van der Waals surface area contributed by atoms with Crippen LogP contribution in [0.4, 0.5) is 0 Å². The molecule has 9 N–H and O–H groups in total. The minimum Gasteiger partial charge on any atom is -0.550 e. The van der Waals surface area contributed by atoms with E-state index < -0.39 is 24.4 Å². The zero-order chi connectivity index (χ0) is 9.56. The van der Waals surface area contributed by atoms with E-state index in [4.69, 9.17) is 11.6 Å². The van der Waals surface area contributed by atoms with Crippen molar-refractivity contribution in [3.05, 3.63) is 0 Å². The molecule has 8 heteroatoms. The predicted octanol–water partition coefficient (Wildman–Crippen LogP) is -2.17. The lowest BCUT2D eigenvalue weighted by Crippen LogP contribution is -2.49. The number of hydrogen-bond donors (Lipinski definition) is 3. The largest absolute Gasteiger partial charge is 0.550 e. The Morgan fingerprint density at radius 2 is 1.79 bits per heavy atom. The summed E-state index contributed by atoms with van der Waals surface area (Å²) in [6.45, 7) is 0.216. The monoisotopic (exact) mass is 229 g/mol. The third kappa shape index (κ3) is 9.20. The average molecular weight is 230 g/mol. The summed E-state index contributed by atoms with van der Waals surface area (Å²) in [6.07, 6.45) is -0.612. The van der Waals surface area contributed by atoms with Gasteiger partial charge < -0.3 is 37.4 Å². The first kappa shape index (κ1) is 18.8. The summed E-state index contributed by atoms with van der Waals surface area (Å²) in [5.74, 6) is -2.70. The third-order valence-electron chi connectivity index (χ3n) is 1.14. The quantitative estimate of drug-likeness (QED) is 0.440. The van der Waals surface area contributed by atoms with E-state index >= 15 is 0 Å². The summed E-state index contributed by atoms with van der Waals surface area (Å²) >= 11 is 5.25. The average Bonchev–Trinajstić information content (AvgIpc) is 1.96. The highest BCUT2D eigenvalue weighted by atomic mass is 35.5. The summed E-state index contributed by atoms with van der Waals surface area (Å²) in [4.78, 5) is 20.2. The van der Waals surface area contributed by atoms with Crippen LogP contribution in [0.1, 0.15) is 6.42 Å². The van der Waals surface area contributed by atoms with E-state index in [9.17, 15) is 19.8 Å². The first-order valence-corrected chi connectivity index (χ1v) is 3.81. The van der Waals surface area contributed by atoms with E-state index in [2.05, 4.69) is 5.32 Å². The van der Waals surface area contributed by atoms with Gasteiger partial charge in [-0.05, 0) is 0 Å². The SMILES string of the molecule is O=C([O-])C[C@H](NCCCl)C(=O)[O-].[NH4+].[NH4+]. The second kappa shape index (κ2) is 10.2. The molecular weight excluding hydrogens is 214 g/mol. The van der Waals surface area contributed by atoms with E-state index in [1.807, 2.05) is 0 Å². The first-order chi connectivity index (χ1) is 5.57. The molecule has 0 aromatic carbocycles. The standard InChI is InChI=1S/C6H10ClNO4.2H3N/c7-1-2-8-4(6(11)12)3-5(9)10;;/h4,8H,1-3H2,(H,9,10)(H,11,12);2*1H3/t4-;;/m0../s1. The lowest BCUT2D eigenvalue weighted by molar-refractivity contribution is -0.317. The Morgan fingerprint density at radius 3 is 2.07 bits per heavy atom. The number of nitrogens with one attached hydrogen (secondary N) is 1. The van der Waals surface area contributed by atoms with Crippen LogP contribution in [-0.2, 0) is 9.59 Å². The van der Waals surface area contributed by atoms with Crippen molar-refractivity contribution in [1.29, 1.82) is 0 Å². The van der Waals surface area contributed by atoms with Crippen molar-refractivity contribution in [2.45, 2.75) is 12.5 Å². The van der Waals surface area contributed by atoms with Crippen molar-refractivity contribution in [2.75, 3.05) is 12.4 Å². The molecule has 0 radical (unpaired) electrons. The van der Waals surface area contributed by atoms with Crippen LogP contribution in [0.2, 0.25) is 0 Å². The molecule has 0 saturated carbocycles. The van der Waals surface area contributed by atoms with Crippen molar-refractivity contribution in [3.8, 4) is 0 Å². The van der Waals surface area contributed by atoms with E-state index in [-0.39, 0.29) is 24.7 Å². The maximum Gasteiger partial charge on any atom is 0.0588 e. The molecule has 0 aromatic rings. The van der Waals surface area contributed by atoms with Gasteiger partial charge in [0.1, 0.15) is 0 Å². The van der Waals surface area contributed by atoms with Crippen LogP contribution in [0.15, 0.2) is 0 Å². The topological polar surface area (TPSA) is 165 Å². The molecule has 0 saturated heterocycles. The highest BCUT2D eigenvalue weighted by molar-refractivity contribution is 6.18. The lowest BCUT2D eigenvalue weighted by atomic mass is 10.2. The summed E-state index contributed by atoms with van der Waals surface area (Å²) in [7, 11) is 0. The number of carbonyl (C=O) groups excluding carboxylic acids is 2. The fourth-order valence-corrected chi connectivity index (χ4v) is 0.743. The van der Waals surface area contributed by atoms with E-state index in [0.29, 0.717) is 0 Å². The normalized spacial score (nSPS) is 10.6. The van der Waals surface area contributed by atoms with Gasteiger partial charge in [-0.15, -0.1) is 11.6 Å². The van der Waals surface area contributed by atoms with Crippen LogP contribution in [0.5, 0.6) is 0 Å². The number of carboxylic acid groups (broad SMARTS) is 2. The van der Waals surface area contributed by atoms with Crippen molar-refractivity contribution in [2.24, 2.45) is 0 Å². The van der Waals surface area contributed by atoms with Crippen LogP contribution < -0.4 is 27.8 Å². The number of alkyl halides is 1. The molecule has 0 aliphatic heterocycles. The molecule has 86 valence electrons. The highest BCUT2D eigenvalue weighted by Crippen LogP contribution is 1.88. The minimum absolute atomic E-state index is 0. The van der Waals surface area contributed by atoms with Gasteiger partial charge in [0, 0.05) is 24.8 Å². The second-order valence-electron chi connectivity index (χ2n) is 2.09. The number of halogens is 1. The summed E-state index contributed by atoms with van der Waals surface area (Å²) in [5.41, 5.74) is 0. The second-order valence-corrected chi connectivity index (χ2v) is 2.47. The highest BCUT2D eigenvalue weighted by Gasteiger charge is 2.08. The number of rotatable bonds is 6. The molecule has 7 nitrogen and oxygen atoms in total. The van der Waals surface area contributed by atoms with Crippen molar-refractivity contribution >= 4 is 23.5 Å². The summed E-state index contributed by atoms with van der Waals surface area (Å²) in [5, 5.41) is 22.6. The van der Waals surface area contributed by atoms with Gasteiger partial charge in [0.05, 0.1) is 12.0 Å². The zero-order valence-corrected chi connectivity index (χ0v) is 8.97. The minimum atomic E-state index is -1.47. The fraction of sp³-hybridized carbons (Fsp3) is 0.667. The van der Waals surface area contributed by atoms with Gasteiger partial charge in [-0.1, -0.05) is 0 Å².